The van der Waals surface area contributed by atoms with E-state index in [1.54, 1.807) is 0 Å². The summed E-state index contributed by atoms with van der Waals surface area (Å²) < 4.78 is 39.1. The summed E-state index contributed by atoms with van der Waals surface area (Å²) in [6, 6.07) is 10.6. The van der Waals surface area contributed by atoms with Crippen molar-refractivity contribution in [2.45, 2.75) is 33.1 Å². The lowest BCUT2D eigenvalue weighted by atomic mass is 10.1. The van der Waals surface area contributed by atoms with Gasteiger partial charge in [0.05, 0.1) is 0 Å². The van der Waals surface area contributed by atoms with E-state index in [0.29, 0.717) is 11.5 Å². The molecule has 0 N–H and O–H groups in total. The van der Waals surface area contributed by atoms with E-state index in [-0.39, 0.29) is 23.6 Å². The van der Waals surface area contributed by atoms with Gasteiger partial charge < -0.3 is 4.57 Å². The number of halogens is 3. The second-order valence-electron chi connectivity index (χ2n) is 5.92. The van der Waals surface area contributed by atoms with Gasteiger partial charge in [-0.15, -0.1) is 10.2 Å². The minimum absolute atomic E-state index is 0.198. The van der Waals surface area contributed by atoms with Crippen LogP contribution in [0.1, 0.15) is 21.7 Å². The first kappa shape index (κ1) is 17.8. The highest BCUT2D eigenvalue weighted by Crippen LogP contribution is 2.23. The van der Waals surface area contributed by atoms with Gasteiger partial charge in [0.2, 0.25) is 5.82 Å². The van der Waals surface area contributed by atoms with Crippen LogP contribution in [0.25, 0.3) is 11.4 Å². The van der Waals surface area contributed by atoms with Crippen molar-refractivity contribution in [3.05, 3.63) is 53.3 Å². The summed E-state index contributed by atoms with van der Waals surface area (Å²) in [5.74, 6) is 0.00415. The lowest BCUT2D eigenvalue weighted by molar-refractivity contribution is -0.141. The summed E-state index contributed by atoms with van der Waals surface area (Å²) in [6.45, 7) is 1.71. The van der Waals surface area contributed by atoms with Gasteiger partial charge in [-0.2, -0.15) is 18.0 Å². The molecule has 0 radical (unpaired) electrons. The third-order valence-electron chi connectivity index (χ3n) is 3.98. The number of tetrazole rings is 1. The number of aryl methyl sites for hydroxylation is 1. The van der Waals surface area contributed by atoms with E-state index < -0.39 is 12.7 Å². The Morgan fingerprint density at radius 1 is 1.15 bits per heavy atom. The van der Waals surface area contributed by atoms with E-state index >= 15 is 0 Å². The van der Waals surface area contributed by atoms with Crippen LogP contribution in [0.2, 0.25) is 0 Å². The smallest absolute Gasteiger partial charge is 0.339 e. The second kappa shape index (κ2) is 6.74. The van der Waals surface area contributed by atoms with E-state index in [4.69, 9.17) is 0 Å². The van der Waals surface area contributed by atoms with Crippen molar-refractivity contribution in [2.24, 2.45) is 0 Å². The van der Waals surface area contributed by atoms with Crippen LogP contribution in [-0.4, -0.2) is 36.7 Å². The van der Waals surface area contributed by atoms with Crippen molar-refractivity contribution in [3.8, 4) is 11.4 Å². The third kappa shape index (κ3) is 3.81. The molecule has 0 aliphatic rings. The first-order valence-corrected chi connectivity index (χ1v) is 7.84. The van der Waals surface area contributed by atoms with Crippen molar-refractivity contribution in [2.75, 3.05) is 0 Å². The maximum Gasteiger partial charge on any atom is 0.406 e. The fourth-order valence-corrected chi connectivity index (χ4v) is 2.73. The SMILES string of the molecule is Cc1cc(C(=O)Cn2nnc(-c3ccccc3)n2)c(C)n1CC(F)(F)F. The molecule has 136 valence electrons. The first-order chi connectivity index (χ1) is 12.2. The Balaban J connectivity index is 1.79. The molecule has 2 heterocycles. The number of aromatic nitrogens is 5. The molecule has 0 spiro atoms. The molecule has 2 aromatic heterocycles. The topological polar surface area (TPSA) is 65.6 Å². The fraction of sp³-hybridized carbons (Fsp3) is 0.294. The van der Waals surface area contributed by atoms with Crippen molar-refractivity contribution in [1.29, 1.82) is 0 Å². The number of hydrogen-bond acceptors (Lipinski definition) is 4. The Bertz CT molecular complexity index is 928. The van der Waals surface area contributed by atoms with Crippen LogP contribution in [-0.2, 0) is 13.1 Å². The number of Topliss-reactive ketones (excluding diaryl/α,β-unsaturated/α-hetero) is 1. The second-order valence-corrected chi connectivity index (χ2v) is 5.92. The molecule has 1 aromatic carbocycles. The number of rotatable bonds is 5. The summed E-state index contributed by atoms with van der Waals surface area (Å²) in [4.78, 5) is 13.6. The maximum atomic E-state index is 12.7. The zero-order valence-electron chi connectivity index (χ0n) is 14.2. The highest BCUT2D eigenvalue weighted by Gasteiger charge is 2.30. The predicted molar refractivity (Wildman–Crippen MR) is 87.5 cm³/mol. The van der Waals surface area contributed by atoms with E-state index in [0.717, 1.165) is 14.9 Å². The van der Waals surface area contributed by atoms with Gasteiger partial charge in [-0.3, -0.25) is 4.79 Å². The molecule has 6 nitrogen and oxygen atoms in total. The molecule has 0 fully saturated rings. The molecule has 0 bridgehead atoms. The average Bonchev–Trinajstić information content (AvgIpc) is 3.14. The van der Waals surface area contributed by atoms with Crippen LogP contribution in [0, 0.1) is 13.8 Å². The molecular formula is C17H16F3N5O. The number of alkyl halides is 3. The summed E-state index contributed by atoms with van der Waals surface area (Å²) >= 11 is 0. The Morgan fingerprint density at radius 3 is 2.50 bits per heavy atom. The van der Waals surface area contributed by atoms with Gasteiger partial charge in [-0.25, -0.2) is 0 Å². The molecule has 0 aliphatic carbocycles. The van der Waals surface area contributed by atoms with E-state index in [9.17, 15) is 18.0 Å². The minimum atomic E-state index is -4.35. The summed E-state index contributed by atoms with van der Waals surface area (Å²) in [7, 11) is 0. The molecule has 0 saturated carbocycles. The summed E-state index contributed by atoms with van der Waals surface area (Å²) in [5, 5.41) is 11.9. The molecule has 0 unspecified atom stereocenters. The predicted octanol–water partition coefficient (Wildman–Crippen LogP) is 3.20. The summed E-state index contributed by atoms with van der Waals surface area (Å²) in [5.41, 5.74) is 1.63. The largest absolute Gasteiger partial charge is 0.406 e. The molecule has 9 heteroatoms. The summed E-state index contributed by atoms with van der Waals surface area (Å²) in [6.07, 6.45) is -4.35. The van der Waals surface area contributed by atoms with Crippen LogP contribution >= 0.6 is 0 Å². The molecule has 0 atom stereocenters. The van der Waals surface area contributed by atoms with Crippen molar-refractivity contribution in [3.63, 3.8) is 0 Å². The number of benzene rings is 1. The Hall–Kier alpha value is -2.97. The van der Waals surface area contributed by atoms with Crippen LogP contribution in [0.4, 0.5) is 13.2 Å². The molecule has 0 aliphatic heterocycles. The van der Waals surface area contributed by atoms with E-state index in [1.807, 2.05) is 30.3 Å². The number of nitrogens with zero attached hydrogens (tertiary/aromatic N) is 5. The van der Waals surface area contributed by atoms with Crippen LogP contribution in [0.5, 0.6) is 0 Å². The molecule has 3 rings (SSSR count). The van der Waals surface area contributed by atoms with Crippen LogP contribution < -0.4 is 0 Å². The first-order valence-electron chi connectivity index (χ1n) is 7.84. The highest BCUT2D eigenvalue weighted by atomic mass is 19.4. The van der Waals surface area contributed by atoms with Crippen molar-refractivity contribution in [1.82, 2.24) is 24.8 Å². The maximum absolute atomic E-state index is 12.7. The molecule has 0 amide bonds. The zero-order valence-corrected chi connectivity index (χ0v) is 14.2. The number of hydrogen-bond donors (Lipinski definition) is 0. The Morgan fingerprint density at radius 2 is 1.85 bits per heavy atom. The van der Waals surface area contributed by atoms with Gasteiger partial charge in [-0.1, -0.05) is 30.3 Å². The highest BCUT2D eigenvalue weighted by molar-refractivity contribution is 5.97. The lowest BCUT2D eigenvalue weighted by Crippen LogP contribution is -2.20. The number of carbonyl (C=O) groups excluding carboxylic acids is 1. The van der Waals surface area contributed by atoms with Crippen molar-refractivity contribution < 1.29 is 18.0 Å². The standard InChI is InChI=1S/C17H16F3N5O/c1-11-8-14(12(2)24(11)10-17(18,19)20)15(26)9-25-22-16(21-23-25)13-6-4-3-5-7-13/h3-8H,9-10H2,1-2H3. The fourth-order valence-electron chi connectivity index (χ4n) is 2.73. The normalized spacial score (nSPS) is 11.7. The number of carbonyl (C=O) groups is 1. The van der Waals surface area contributed by atoms with Gasteiger partial charge in [-0.05, 0) is 25.1 Å². The third-order valence-corrected chi connectivity index (χ3v) is 3.98. The van der Waals surface area contributed by atoms with Gasteiger partial charge in [0.15, 0.2) is 5.78 Å². The van der Waals surface area contributed by atoms with Gasteiger partial charge in [0.1, 0.15) is 13.1 Å². The molecule has 26 heavy (non-hydrogen) atoms. The van der Waals surface area contributed by atoms with Crippen molar-refractivity contribution >= 4 is 5.78 Å². The van der Waals surface area contributed by atoms with Gasteiger partial charge >= 0.3 is 6.18 Å². The molecule has 3 aromatic rings. The van der Waals surface area contributed by atoms with E-state index in [2.05, 4.69) is 15.4 Å². The van der Waals surface area contributed by atoms with Gasteiger partial charge in [0.25, 0.3) is 0 Å². The molecule has 0 saturated heterocycles. The molecular weight excluding hydrogens is 347 g/mol. The lowest BCUT2D eigenvalue weighted by Gasteiger charge is -2.12. The van der Waals surface area contributed by atoms with Crippen LogP contribution in [0.3, 0.4) is 0 Å². The number of ketones is 1. The van der Waals surface area contributed by atoms with E-state index in [1.165, 1.54) is 19.9 Å². The van der Waals surface area contributed by atoms with Gasteiger partial charge in [0, 0.05) is 22.5 Å². The minimum Gasteiger partial charge on any atom is -0.339 e. The Labute approximate surface area is 147 Å². The zero-order chi connectivity index (χ0) is 18.9. The van der Waals surface area contributed by atoms with Crippen LogP contribution in [0.15, 0.2) is 36.4 Å². The monoisotopic (exact) mass is 363 g/mol. The Kier molecular flexibility index (Phi) is 4.62. The quantitative estimate of drug-likeness (QED) is 0.653. The average molecular weight is 363 g/mol.